The van der Waals surface area contributed by atoms with Crippen LogP contribution in [0.4, 0.5) is 14.5 Å². The molecule has 12 heteroatoms. The standard InChI is InChI=1S/C14H18N4O3S.C7H7F2NS/c1-4-21-11-7-15-5-9(18-11)10-6-16-13(22-10)12(19)17-8-14(2,3)20;8-7(9)11-10-6-4-2-1-3-5-6/h5-7,20H,4,8H2,1-3H3,(H,17,19);1-5,7,10H. The molecule has 0 atom stereocenters. The number of aromatic nitrogens is 3. The molecule has 0 aliphatic heterocycles. The highest BCUT2D eigenvalue weighted by Crippen LogP contribution is 2.25. The molecule has 1 amide bonds. The predicted octanol–water partition coefficient (Wildman–Crippen LogP) is 4.47. The van der Waals surface area contributed by atoms with Gasteiger partial charge in [0, 0.05) is 30.4 Å². The smallest absolute Gasteiger partial charge is 0.302 e. The number of benzene rings is 1. The number of rotatable bonds is 9. The van der Waals surface area contributed by atoms with E-state index >= 15 is 0 Å². The molecule has 2 aromatic heterocycles. The Morgan fingerprint density at radius 3 is 2.61 bits per heavy atom. The molecule has 1 aromatic carbocycles. The van der Waals surface area contributed by atoms with E-state index in [0.29, 0.717) is 40.8 Å². The average Bonchev–Trinajstić information content (AvgIpc) is 3.28. The topological polar surface area (TPSA) is 109 Å². The lowest BCUT2D eigenvalue weighted by Crippen LogP contribution is -2.38. The fourth-order valence-electron chi connectivity index (χ4n) is 2.17. The molecule has 0 aliphatic rings. The number of hydrogen-bond donors (Lipinski definition) is 3. The maximum Gasteiger partial charge on any atom is 0.302 e. The maximum atomic E-state index is 12.0. The van der Waals surface area contributed by atoms with E-state index in [1.165, 1.54) is 17.5 Å². The molecule has 2 heterocycles. The van der Waals surface area contributed by atoms with Crippen LogP contribution in [-0.4, -0.2) is 50.5 Å². The Hall–Kier alpha value is -2.83. The molecule has 33 heavy (non-hydrogen) atoms. The summed E-state index contributed by atoms with van der Waals surface area (Å²) in [5.74, 6) is -2.27. The van der Waals surface area contributed by atoms with Crippen molar-refractivity contribution in [2.24, 2.45) is 0 Å². The second kappa shape index (κ2) is 13.0. The van der Waals surface area contributed by atoms with E-state index in [0.717, 1.165) is 4.88 Å². The first-order chi connectivity index (χ1) is 15.7. The summed E-state index contributed by atoms with van der Waals surface area (Å²) in [6.07, 6.45) is 4.70. The number of hydrogen-bond acceptors (Lipinski definition) is 9. The molecule has 8 nitrogen and oxygen atoms in total. The normalized spacial score (nSPS) is 10.9. The minimum Gasteiger partial charge on any atom is -0.477 e. The summed E-state index contributed by atoms with van der Waals surface area (Å²) in [4.78, 5) is 25.1. The van der Waals surface area contributed by atoms with Crippen LogP contribution in [0.2, 0.25) is 0 Å². The summed E-state index contributed by atoms with van der Waals surface area (Å²) >= 11 is 1.61. The number of thiazole rings is 1. The maximum absolute atomic E-state index is 12.0. The first kappa shape index (κ1) is 26.4. The number of nitrogens with zero attached hydrogens (tertiary/aromatic N) is 3. The summed E-state index contributed by atoms with van der Waals surface area (Å²) in [7, 11) is 0. The van der Waals surface area contributed by atoms with Gasteiger partial charge in [0.15, 0.2) is 5.01 Å². The van der Waals surface area contributed by atoms with Gasteiger partial charge in [-0.1, -0.05) is 18.2 Å². The van der Waals surface area contributed by atoms with Gasteiger partial charge in [-0.2, -0.15) is 8.78 Å². The van der Waals surface area contributed by atoms with Gasteiger partial charge < -0.3 is 19.9 Å². The number of amides is 1. The SMILES string of the molecule is CCOc1cncc(-c2cnc(C(=O)NCC(C)(C)O)s2)n1.FC(F)SNc1ccccc1. The zero-order valence-corrected chi connectivity index (χ0v) is 19.9. The molecule has 0 fully saturated rings. The Kier molecular flexibility index (Phi) is 10.4. The van der Waals surface area contributed by atoms with Gasteiger partial charge in [0.1, 0.15) is 5.69 Å². The van der Waals surface area contributed by atoms with Crippen molar-refractivity contribution in [2.45, 2.75) is 32.1 Å². The van der Waals surface area contributed by atoms with E-state index in [1.54, 1.807) is 50.5 Å². The summed E-state index contributed by atoms with van der Waals surface area (Å²) in [6, 6.07) is 8.87. The number of halogens is 2. The molecule has 0 aliphatic carbocycles. The van der Waals surface area contributed by atoms with Gasteiger partial charge in [-0.15, -0.1) is 11.3 Å². The van der Waals surface area contributed by atoms with Crippen molar-refractivity contribution in [3.8, 4) is 16.5 Å². The lowest BCUT2D eigenvalue weighted by molar-refractivity contribution is 0.0694. The molecular formula is C21H25F2N5O3S2. The highest BCUT2D eigenvalue weighted by atomic mass is 32.2. The van der Waals surface area contributed by atoms with Crippen LogP contribution in [-0.2, 0) is 0 Å². The molecule has 0 bridgehead atoms. The van der Waals surface area contributed by atoms with E-state index < -0.39 is 11.4 Å². The monoisotopic (exact) mass is 497 g/mol. The van der Waals surface area contributed by atoms with Gasteiger partial charge >= 0.3 is 5.76 Å². The van der Waals surface area contributed by atoms with E-state index in [9.17, 15) is 18.7 Å². The fraction of sp³-hybridized carbons (Fsp3) is 0.333. The van der Waals surface area contributed by atoms with Crippen molar-refractivity contribution in [2.75, 3.05) is 17.9 Å². The van der Waals surface area contributed by atoms with Crippen LogP contribution >= 0.6 is 23.3 Å². The van der Waals surface area contributed by atoms with Crippen LogP contribution in [0.5, 0.6) is 5.88 Å². The Morgan fingerprint density at radius 1 is 1.24 bits per heavy atom. The number of para-hydroxylation sites is 1. The third-order valence-corrected chi connectivity index (χ3v) is 5.13. The molecule has 0 radical (unpaired) electrons. The number of ether oxygens (including phenoxy) is 1. The van der Waals surface area contributed by atoms with Gasteiger partial charge in [0.05, 0.1) is 29.5 Å². The molecule has 3 N–H and O–H groups in total. The van der Waals surface area contributed by atoms with Gasteiger partial charge in [-0.05, 0) is 32.9 Å². The molecule has 0 spiro atoms. The van der Waals surface area contributed by atoms with Crippen molar-refractivity contribution in [3.05, 3.63) is 53.9 Å². The predicted molar refractivity (Wildman–Crippen MR) is 127 cm³/mol. The summed E-state index contributed by atoms with van der Waals surface area (Å²) in [5.41, 5.74) is 0.329. The summed E-state index contributed by atoms with van der Waals surface area (Å²) in [6.45, 7) is 5.77. The Bertz CT molecular complexity index is 1000. The highest BCUT2D eigenvalue weighted by molar-refractivity contribution is 8.00. The fourth-order valence-corrected chi connectivity index (χ4v) is 3.32. The molecule has 178 valence electrons. The Labute approximate surface area is 199 Å². The zero-order chi connectivity index (χ0) is 24.3. The largest absolute Gasteiger partial charge is 0.477 e. The van der Waals surface area contributed by atoms with Crippen LogP contribution < -0.4 is 14.8 Å². The van der Waals surface area contributed by atoms with Crippen LogP contribution in [0.3, 0.4) is 0 Å². The second-order valence-corrected chi connectivity index (χ2v) is 8.87. The average molecular weight is 498 g/mol. The van der Waals surface area contributed by atoms with Crippen LogP contribution in [0.25, 0.3) is 10.6 Å². The van der Waals surface area contributed by atoms with Crippen LogP contribution in [0, 0.1) is 0 Å². The van der Waals surface area contributed by atoms with Crippen molar-refractivity contribution in [3.63, 3.8) is 0 Å². The van der Waals surface area contributed by atoms with E-state index in [-0.39, 0.29) is 12.5 Å². The second-order valence-electron chi connectivity index (χ2n) is 7.05. The first-order valence-corrected chi connectivity index (χ1v) is 11.5. The Balaban J connectivity index is 0.000000294. The minimum absolute atomic E-state index is 0.153. The van der Waals surface area contributed by atoms with Crippen molar-refractivity contribution in [1.29, 1.82) is 0 Å². The quantitative estimate of drug-likeness (QED) is 0.372. The molecular weight excluding hydrogens is 472 g/mol. The highest BCUT2D eigenvalue weighted by Gasteiger charge is 2.17. The van der Waals surface area contributed by atoms with Crippen LogP contribution in [0.15, 0.2) is 48.9 Å². The molecule has 3 aromatic rings. The molecule has 3 rings (SSSR count). The van der Waals surface area contributed by atoms with Gasteiger partial charge in [0.2, 0.25) is 5.88 Å². The van der Waals surface area contributed by atoms with Crippen LogP contribution in [0.1, 0.15) is 30.6 Å². The first-order valence-electron chi connectivity index (χ1n) is 9.84. The van der Waals surface area contributed by atoms with E-state index in [4.69, 9.17) is 4.74 Å². The van der Waals surface area contributed by atoms with Crippen molar-refractivity contribution >= 4 is 34.9 Å². The van der Waals surface area contributed by atoms with Crippen molar-refractivity contribution in [1.82, 2.24) is 20.3 Å². The summed E-state index contributed by atoms with van der Waals surface area (Å²) < 4.78 is 31.1. The lowest BCUT2D eigenvalue weighted by Gasteiger charge is -2.16. The summed E-state index contributed by atoms with van der Waals surface area (Å²) in [5, 5.41) is 12.6. The van der Waals surface area contributed by atoms with Crippen molar-refractivity contribution < 1.29 is 23.4 Å². The zero-order valence-electron chi connectivity index (χ0n) is 18.3. The number of aliphatic hydroxyl groups is 1. The van der Waals surface area contributed by atoms with Gasteiger partial charge in [-0.25, -0.2) is 9.97 Å². The lowest BCUT2D eigenvalue weighted by atomic mass is 10.1. The van der Waals surface area contributed by atoms with E-state index in [2.05, 4.69) is 25.0 Å². The van der Waals surface area contributed by atoms with Gasteiger partial charge in [0.25, 0.3) is 5.91 Å². The van der Waals surface area contributed by atoms with E-state index in [1.807, 2.05) is 13.0 Å². The number of alkyl halides is 2. The number of carbonyl (C=O) groups excluding carboxylic acids is 1. The third-order valence-electron chi connectivity index (χ3n) is 3.58. The number of carbonyl (C=O) groups is 1. The third kappa shape index (κ3) is 10.1. The minimum atomic E-state index is -2.38. The van der Waals surface area contributed by atoms with Gasteiger partial charge in [-0.3, -0.25) is 9.78 Å². The number of nitrogens with one attached hydrogen (secondary N) is 2. The Morgan fingerprint density at radius 2 is 1.97 bits per heavy atom. The number of anilines is 1. The molecule has 0 saturated carbocycles. The molecule has 0 saturated heterocycles. The molecule has 0 unspecified atom stereocenters.